The van der Waals surface area contributed by atoms with E-state index in [0.717, 1.165) is 28.5 Å². The molecule has 0 spiro atoms. The molecule has 1 unspecified atom stereocenters. The lowest BCUT2D eigenvalue weighted by molar-refractivity contribution is -0.119. The largest absolute Gasteiger partial charge is 0.349 e. The first-order chi connectivity index (χ1) is 13.5. The van der Waals surface area contributed by atoms with E-state index in [1.807, 2.05) is 30.7 Å². The summed E-state index contributed by atoms with van der Waals surface area (Å²) in [5, 5.41) is 12.3. The standard InChI is InChI=1S/C22H26N4OS/c1-5-17-9-11-18(12-10-17)16(3)23-20(27)14-28-22-25-24-21(26(22)4)19-8-6-7-15(2)13-19/h6-13,16H,5,14H2,1-4H3,(H,23,27). The molecule has 1 amide bonds. The Bertz CT molecular complexity index is 949. The van der Waals surface area contributed by atoms with Gasteiger partial charge in [-0.05, 0) is 37.5 Å². The van der Waals surface area contributed by atoms with Crippen molar-refractivity contribution in [1.82, 2.24) is 20.1 Å². The first-order valence-corrected chi connectivity index (χ1v) is 10.4. The SMILES string of the molecule is CCc1ccc(C(C)NC(=O)CSc2nnc(-c3cccc(C)c3)n2C)cc1. The van der Waals surface area contributed by atoms with Crippen LogP contribution >= 0.6 is 11.8 Å². The molecule has 1 atom stereocenters. The molecule has 0 aliphatic carbocycles. The van der Waals surface area contributed by atoms with Gasteiger partial charge in [0, 0.05) is 12.6 Å². The normalized spacial score (nSPS) is 12.0. The summed E-state index contributed by atoms with van der Waals surface area (Å²) in [6.45, 7) is 6.19. The van der Waals surface area contributed by atoms with Crippen molar-refractivity contribution in [2.24, 2.45) is 7.05 Å². The van der Waals surface area contributed by atoms with Crippen molar-refractivity contribution in [1.29, 1.82) is 0 Å². The molecule has 1 aromatic heterocycles. The van der Waals surface area contributed by atoms with Crippen LogP contribution in [0, 0.1) is 6.92 Å². The minimum Gasteiger partial charge on any atom is -0.349 e. The van der Waals surface area contributed by atoms with E-state index in [1.54, 1.807) is 0 Å². The molecule has 3 aromatic rings. The van der Waals surface area contributed by atoms with Gasteiger partial charge in [0.2, 0.25) is 5.91 Å². The van der Waals surface area contributed by atoms with Crippen molar-refractivity contribution in [2.75, 3.05) is 5.75 Å². The van der Waals surface area contributed by atoms with Gasteiger partial charge in [-0.2, -0.15) is 0 Å². The number of aromatic nitrogens is 3. The number of carbonyl (C=O) groups is 1. The lowest BCUT2D eigenvalue weighted by Crippen LogP contribution is -2.28. The van der Waals surface area contributed by atoms with Crippen molar-refractivity contribution in [3.63, 3.8) is 0 Å². The summed E-state index contributed by atoms with van der Waals surface area (Å²) < 4.78 is 1.93. The molecule has 0 aliphatic rings. The Morgan fingerprint density at radius 2 is 1.93 bits per heavy atom. The van der Waals surface area contributed by atoms with Crippen LogP contribution in [0.4, 0.5) is 0 Å². The van der Waals surface area contributed by atoms with Gasteiger partial charge in [-0.1, -0.05) is 66.7 Å². The zero-order chi connectivity index (χ0) is 20.1. The van der Waals surface area contributed by atoms with Gasteiger partial charge in [0.1, 0.15) is 0 Å². The van der Waals surface area contributed by atoms with Crippen LogP contribution in [-0.2, 0) is 18.3 Å². The molecule has 1 heterocycles. The highest BCUT2D eigenvalue weighted by atomic mass is 32.2. The van der Waals surface area contributed by atoms with Crippen molar-refractivity contribution in [3.05, 3.63) is 65.2 Å². The van der Waals surface area contributed by atoms with Crippen molar-refractivity contribution >= 4 is 17.7 Å². The first-order valence-electron chi connectivity index (χ1n) is 9.45. The van der Waals surface area contributed by atoms with E-state index in [9.17, 15) is 4.79 Å². The number of carbonyl (C=O) groups excluding carboxylic acids is 1. The number of nitrogens with zero attached hydrogens (tertiary/aromatic N) is 3. The predicted molar refractivity (Wildman–Crippen MR) is 114 cm³/mol. The summed E-state index contributed by atoms with van der Waals surface area (Å²) in [6, 6.07) is 16.5. The average Bonchev–Trinajstić information content (AvgIpc) is 3.07. The second-order valence-corrected chi connectivity index (χ2v) is 7.85. The highest BCUT2D eigenvalue weighted by molar-refractivity contribution is 7.99. The number of benzene rings is 2. The lowest BCUT2D eigenvalue weighted by Gasteiger charge is -2.14. The molecule has 0 bridgehead atoms. The number of hydrogen-bond acceptors (Lipinski definition) is 4. The van der Waals surface area contributed by atoms with Gasteiger partial charge < -0.3 is 9.88 Å². The number of aryl methyl sites for hydroxylation is 2. The monoisotopic (exact) mass is 394 g/mol. The van der Waals surface area contributed by atoms with Crippen molar-refractivity contribution in [2.45, 2.75) is 38.4 Å². The van der Waals surface area contributed by atoms with E-state index in [4.69, 9.17) is 0 Å². The van der Waals surface area contributed by atoms with E-state index < -0.39 is 0 Å². The molecular formula is C22H26N4OS. The smallest absolute Gasteiger partial charge is 0.230 e. The Labute approximate surface area is 170 Å². The van der Waals surface area contributed by atoms with E-state index in [-0.39, 0.29) is 11.9 Å². The number of hydrogen-bond donors (Lipinski definition) is 1. The molecule has 5 nitrogen and oxygen atoms in total. The van der Waals surface area contributed by atoms with Crippen LogP contribution in [0.2, 0.25) is 0 Å². The number of nitrogens with one attached hydrogen (secondary N) is 1. The second kappa shape index (κ2) is 9.06. The predicted octanol–water partition coefficient (Wildman–Crippen LogP) is 4.32. The quantitative estimate of drug-likeness (QED) is 0.606. The second-order valence-electron chi connectivity index (χ2n) is 6.91. The third-order valence-electron chi connectivity index (χ3n) is 4.71. The Kier molecular flexibility index (Phi) is 6.52. The van der Waals surface area contributed by atoms with Crippen LogP contribution in [-0.4, -0.2) is 26.4 Å². The summed E-state index contributed by atoms with van der Waals surface area (Å²) >= 11 is 1.40. The molecule has 2 aromatic carbocycles. The fourth-order valence-electron chi connectivity index (χ4n) is 3.01. The van der Waals surface area contributed by atoms with E-state index in [0.29, 0.717) is 5.75 Å². The fourth-order valence-corrected chi connectivity index (χ4v) is 3.74. The molecule has 3 rings (SSSR count). The minimum atomic E-state index is -0.0265. The maximum Gasteiger partial charge on any atom is 0.230 e. The van der Waals surface area contributed by atoms with Crippen LogP contribution in [0.15, 0.2) is 53.7 Å². The number of rotatable bonds is 7. The Morgan fingerprint density at radius 3 is 2.61 bits per heavy atom. The molecule has 0 saturated heterocycles. The molecule has 28 heavy (non-hydrogen) atoms. The van der Waals surface area contributed by atoms with Crippen LogP contribution in [0.3, 0.4) is 0 Å². The summed E-state index contributed by atoms with van der Waals surface area (Å²) in [5.74, 6) is 1.09. The molecule has 0 fully saturated rings. The maximum absolute atomic E-state index is 12.4. The van der Waals surface area contributed by atoms with Gasteiger partial charge in [-0.3, -0.25) is 4.79 Å². The summed E-state index contributed by atoms with van der Waals surface area (Å²) in [7, 11) is 1.93. The zero-order valence-corrected chi connectivity index (χ0v) is 17.6. The van der Waals surface area contributed by atoms with Gasteiger partial charge in [0.05, 0.1) is 11.8 Å². The van der Waals surface area contributed by atoms with Gasteiger partial charge in [-0.25, -0.2) is 0 Å². The van der Waals surface area contributed by atoms with Crippen LogP contribution in [0.1, 0.15) is 36.6 Å². The molecular weight excluding hydrogens is 368 g/mol. The third-order valence-corrected chi connectivity index (χ3v) is 5.73. The van der Waals surface area contributed by atoms with Gasteiger partial charge in [0.25, 0.3) is 0 Å². The van der Waals surface area contributed by atoms with E-state index in [1.165, 1.54) is 22.9 Å². The first kappa shape index (κ1) is 20.1. The van der Waals surface area contributed by atoms with Crippen LogP contribution in [0.25, 0.3) is 11.4 Å². The fraction of sp³-hybridized carbons (Fsp3) is 0.318. The topological polar surface area (TPSA) is 59.8 Å². The third kappa shape index (κ3) is 4.81. The van der Waals surface area contributed by atoms with Crippen LogP contribution in [0.5, 0.6) is 0 Å². The Balaban J connectivity index is 1.58. The highest BCUT2D eigenvalue weighted by Gasteiger charge is 2.14. The van der Waals surface area contributed by atoms with Crippen LogP contribution < -0.4 is 5.32 Å². The zero-order valence-electron chi connectivity index (χ0n) is 16.8. The van der Waals surface area contributed by atoms with Gasteiger partial charge in [0.15, 0.2) is 11.0 Å². The van der Waals surface area contributed by atoms with E-state index >= 15 is 0 Å². The maximum atomic E-state index is 12.4. The van der Waals surface area contributed by atoms with Gasteiger partial charge in [-0.15, -0.1) is 10.2 Å². The average molecular weight is 395 g/mol. The molecule has 6 heteroatoms. The summed E-state index contributed by atoms with van der Waals surface area (Å²) in [6.07, 6.45) is 1.01. The number of thioether (sulfide) groups is 1. The Hall–Kier alpha value is -2.60. The lowest BCUT2D eigenvalue weighted by atomic mass is 10.1. The van der Waals surface area contributed by atoms with Crippen molar-refractivity contribution < 1.29 is 4.79 Å². The molecule has 0 saturated carbocycles. The van der Waals surface area contributed by atoms with Gasteiger partial charge >= 0.3 is 0 Å². The summed E-state index contributed by atoms with van der Waals surface area (Å²) in [4.78, 5) is 12.4. The molecule has 1 N–H and O–H groups in total. The van der Waals surface area contributed by atoms with E-state index in [2.05, 4.69) is 65.8 Å². The molecule has 146 valence electrons. The Morgan fingerprint density at radius 1 is 1.18 bits per heavy atom. The van der Waals surface area contributed by atoms with Crippen molar-refractivity contribution in [3.8, 4) is 11.4 Å². The number of amides is 1. The molecule has 0 radical (unpaired) electrons. The minimum absolute atomic E-state index is 0.0165. The summed E-state index contributed by atoms with van der Waals surface area (Å²) in [5.41, 5.74) is 4.60. The molecule has 0 aliphatic heterocycles. The highest BCUT2D eigenvalue weighted by Crippen LogP contribution is 2.23.